The second kappa shape index (κ2) is 5.40. The molecular formula is C9H7NO3Zn. The van der Waals surface area contributed by atoms with E-state index in [2.05, 4.69) is 4.84 Å². The number of hydrogen-bond acceptors (Lipinski definition) is 3. The molecule has 5 heteroatoms. The number of benzene rings is 1. The molecule has 0 bridgehead atoms. The molecule has 0 N–H and O–H groups in total. The van der Waals surface area contributed by atoms with Crippen molar-refractivity contribution in [3.63, 3.8) is 0 Å². The van der Waals surface area contributed by atoms with Crippen LogP contribution in [0.1, 0.15) is 5.56 Å². The Labute approximate surface area is 90.5 Å². The first-order valence-corrected chi connectivity index (χ1v) is 5.41. The van der Waals surface area contributed by atoms with Crippen LogP contribution in [-0.2, 0) is 22.7 Å². The van der Waals surface area contributed by atoms with Gasteiger partial charge in [-0.2, -0.15) is 0 Å². The molecule has 0 amide bonds. The van der Waals surface area contributed by atoms with Crippen LogP contribution >= 0.6 is 0 Å². The summed E-state index contributed by atoms with van der Waals surface area (Å²) in [6, 6.07) is 9.54. The zero-order valence-corrected chi connectivity index (χ0v) is 10.4. The molecule has 1 aromatic rings. The molecule has 0 aromatic heterocycles. The molecule has 0 saturated heterocycles. The molecule has 0 spiro atoms. The van der Waals surface area contributed by atoms with Crippen LogP contribution in [0, 0.1) is 10.1 Å². The fourth-order valence-electron chi connectivity index (χ4n) is 0.879. The van der Waals surface area contributed by atoms with Crippen molar-refractivity contribution in [1.29, 1.82) is 0 Å². The third-order valence-corrected chi connectivity index (χ3v) is 2.22. The number of hydrogen-bond donors (Lipinski definition) is 0. The van der Waals surface area contributed by atoms with Gasteiger partial charge in [-0.1, -0.05) is 0 Å². The van der Waals surface area contributed by atoms with Gasteiger partial charge in [0.05, 0.1) is 0 Å². The van der Waals surface area contributed by atoms with E-state index in [4.69, 9.17) is 0 Å². The van der Waals surface area contributed by atoms with Crippen LogP contribution in [0.4, 0.5) is 0 Å². The Kier molecular flexibility index (Phi) is 4.14. The van der Waals surface area contributed by atoms with E-state index < -0.39 is 5.09 Å². The molecule has 0 unspecified atom stereocenters. The van der Waals surface area contributed by atoms with Gasteiger partial charge in [0, 0.05) is 0 Å². The minimum atomic E-state index is -0.797. The molecular weight excluding hydrogens is 235 g/mol. The number of rotatable bonds is 4. The molecule has 0 aliphatic heterocycles. The maximum absolute atomic E-state index is 9.97. The van der Waals surface area contributed by atoms with Gasteiger partial charge in [-0.05, 0) is 0 Å². The third-order valence-electron chi connectivity index (χ3n) is 1.45. The van der Waals surface area contributed by atoms with E-state index in [0.29, 0.717) is 22.1 Å². The first-order valence-electron chi connectivity index (χ1n) is 3.93. The van der Waals surface area contributed by atoms with Crippen molar-refractivity contribution >= 4 is 10.4 Å². The standard InChI is InChI=1S/C9H7NO3.Zn/c11-10(12)13-8-4-7-9-5-2-1-3-6-9;/h1-7H;/b7-4-;. The first kappa shape index (κ1) is 10.7. The molecule has 14 heavy (non-hydrogen) atoms. The maximum atomic E-state index is 9.97. The Morgan fingerprint density at radius 1 is 1.43 bits per heavy atom. The van der Waals surface area contributed by atoms with Gasteiger partial charge in [-0.3, -0.25) is 0 Å². The first-order chi connectivity index (χ1) is 6.68. The van der Waals surface area contributed by atoms with E-state index in [1.165, 1.54) is 0 Å². The Hall–Kier alpha value is -1.35. The van der Waals surface area contributed by atoms with E-state index in [1.54, 1.807) is 12.2 Å². The minimum absolute atomic E-state index is 0.374. The summed E-state index contributed by atoms with van der Waals surface area (Å²) >= 11 is 0.615. The molecule has 0 aliphatic carbocycles. The Bertz CT molecular complexity index is 362. The van der Waals surface area contributed by atoms with Crippen molar-refractivity contribution < 1.29 is 27.8 Å². The second-order valence-corrected chi connectivity index (χ2v) is 3.99. The summed E-state index contributed by atoms with van der Waals surface area (Å²) in [7, 11) is 0. The average molecular weight is 243 g/mol. The second-order valence-electron chi connectivity index (χ2n) is 2.53. The van der Waals surface area contributed by atoms with E-state index in [0.717, 1.165) is 5.56 Å². The molecule has 0 radical (unpaired) electrons. The third kappa shape index (κ3) is 4.05. The van der Waals surface area contributed by atoms with Crippen LogP contribution in [0.5, 0.6) is 0 Å². The van der Waals surface area contributed by atoms with Gasteiger partial charge in [0.15, 0.2) is 0 Å². The zero-order valence-electron chi connectivity index (χ0n) is 7.42. The summed E-state index contributed by atoms with van der Waals surface area (Å²) in [5.41, 5.74) is 0.991. The molecule has 0 aliphatic rings. The van der Waals surface area contributed by atoms with Gasteiger partial charge in [0.1, 0.15) is 0 Å². The molecule has 0 saturated carbocycles. The Balaban J connectivity index is 2.56. The van der Waals surface area contributed by atoms with Crippen molar-refractivity contribution in [3.8, 4) is 0 Å². The molecule has 1 aromatic carbocycles. The molecule has 0 heterocycles. The average Bonchev–Trinajstić information content (AvgIpc) is 2.15. The van der Waals surface area contributed by atoms with Crippen LogP contribution in [-0.4, -0.2) is 9.38 Å². The van der Waals surface area contributed by atoms with Crippen molar-refractivity contribution in [2.45, 2.75) is 0 Å². The van der Waals surface area contributed by atoms with Gasteiger partial charge in [-0.15, -0.1) is 0 Å². The monoisotopic (exact) mass is 241 g/mol. The van der Waals surface area contributed by atoms with Crippen LogP contribution < -0.4 is 0 Å². The van der Waals surface area contributed by atoms with Crippen molar-refractivity contribution in [2.24, 2.45) is 0 Å². The van der Waals surface area contributed by atoms with E-state index in [1.807, 2.05) is 30.3 Å². The SMILES string of the molecule is O=[N+]([O-])O[C](=[Zn])/C=C\c1ccccc1. The van der Waals surface area contributed by atoms with Gasteiger partial charge >= 0.3 is 90.2 Å². The normalized spacial score (nSPS) is 10.1. The van der Waals surface area contributed by atoms with Crippen molar-refractivity contribution in [2.75, 3.05) is 0 Å². The fraction of sp³-hybridized carbons (Fsp3) is 0. The Morgan fingerprint density at radius 3 is 2.64 bits per heavy atom. The summed E-state index contributed by atoms with van der Waals surface area (Å²) in [6.07, 6.45) is 3.39. The predicted octanol–water partition coefficient (Wildman–Crippen LogP) is 1.58. The molecule has 0 fully saturated rings. The summed E-state index contributed by atoms with van der Waals surface area (Å²) in [4.78, 5) is 14.2. The summed E-state index contributed by atoms with van der Waals surface area (Å²) in [5, 5.41) is 9.17. The fourth-order valence-corrected chi connectivity index (χ4v) is 1.35. The van der Waals surface area contributed by atoms with Crippen LogP contribution in [0.3, 0.4) is 0 Å². The van der Waals surface area contributed by atoms with E-state index >= 15 is 0 Å². The van der Waals surface area contributed by atoms with E-state index in [-0.39, 0.29) is 0 Å². The van der Waals surface area contributed by atoms with E-state index in [9.17, 15) is 10.1 Å². The molecule has 0 atom stereocenters. The van der Waals surface area contributed by atoms with Gasteiger partial charge in [-0.25, -0.2) is 0 Å². The van der Waals surface area contributed by atoms with Gasteiger partial charge in [0.25, 0.3) is 0 Å². The van der Waals surface area contributed by atoms with Gasteiger partial charge < -0.3 is 0 Å². The van der Waals surface area contributed by atoms with Gasteiger partial charge in [0.2, 0.25) is 0 Å². The summed E-state index contributed by atoms with van der Waals surface area (Å²) in [6.45, 7) is 0. The Morgan fingerprint density at radius 2 is 2.07 bits per heavy atom. The topological polar surface area (TPSA) is 52.4 Å². The molecule has 68 valence electrons. The van der Waals surface area contributed by atoms with Crippen molar-refractivity contribution in [3.05, 3.63) is 52.1 Å². The quantitative estimate of drug-likeness (QED) is 0.458. The summed E-state index contributed by atoms with van der Waals surface area (Å²) in [5.74, 6) is 0. The summed E-state index contributed by atoms with van der Waals surface area (Å²) < 4.78 is 0.374. The van der Waals surface area contributed by atoms with Crippen LogP contribution in [0.15, 0.2) is 36.4 Å². The predicted molar refractivity (Wildman–Crippen MR) is 48.6 cm³/mol. The van der Waals surface area contributed by atoms with Crippen LogP contribution in [0.25, 0.3) is 6.08 Å². The molecule has 4 nitrogen and oxygen atoms in total. The van der Waals surface area contributed by atoms with Crippen LogP contribution in [0.2, 0.25) is 0 Å². The molecule has 1 rings (SSSR count). The number of nitrogens with zero attached hydrogens (tertiary/aromatic N) is 1. The zero-order chi connectivity index (χ0) is 10.4. The van der Waals surface area contributed by atoms with Crippen molar-refractivity contribution in [1.82, 2.24) is 0 Å².